The minimum absolute atomic E-state index is 0.181. The monoisotopic (exact) mass is 372 g/mol. The second-order valence-corrected chi connectivity index (χ2v) is 7.23. The van der Waals surface area contributed by atoms with Gasteiger partial charge in [0.15, 0.2) is 0 Å². The summed E-state index contributed by atoms with van der Waals surface area (Å²) in [5.74, 6) is 0.718. The Bertz CT molecular complexity index is 1050. The van der Waals surface area contributed by atoms with Crippen LogP contribution in [0.5, 0.6) is 0 Å². The molecule has 6 heteroatoms. The third-order valence-electron chi connectivity index (χ3n) is 3.77. The van der Waals surface area contributed by atoms with Gasteiger partial charge in [0.1, 0.15) is 4.70 Å². The molecule has 0 spiro atoms. The summed E-state index contributed by atoms with van der Waals surface area (Å²) >= 11 is 1.28. The summed E-state index contributed by atoms with van der Waals surface area (Å²) in [5, 5.41) is 10.5. The van der Waals surface area contributed by atoms with E-state index in [4.69, 9.17) is 0 Å². The van der Waals surface area contributed by atoms with Crippen LogP contribution in [0.2, 0.25) is 0 Å². The zero-order valence-corrected chi connectivity index (χ0v) is 16.1. The third kappa shape index (κ3) is 3.96. The minimum Gasteiger partial charge on any atom is -0.421 e. The van der Waals surface area contributed by atoms with E-state index in [2.05, 4.69) is 32.6 Å². The number of hydrogen-bond donors (Lipinski definition) is 1. The van der Waals surface area contributed by atoms with Crippen LogP contribution in [0.15, 0.2) is 58.7 Å². The number of rotatable bonds is 4. The van der Waals surface area contributed by atoms with Crippen molar-refractivity contribution in [3.63, 3.8) is 0 Å². The molecule has 0 radical (unpaired) electrons. The Balaban J connectivity index is 0.000000352. The number of benzene rings is 1. The van der Waals surface area contributed by atoms with Gasteiger partial charge in [0.05, 0.1) is 5.52 Å². The smallest absolute Gasteiger partial charge is 0.365 e. The van der Waals surface area contributed by atoms with Crippen molar-refractivity contribution in [1.82, 2.24) is 9.30 Å². The lowest BCUT2D eigenvalue weighted by Crippen LogP contribution is -2.38. The first-order chi connectivity index (χ1) is 12.4. The molecule has 0 bridgehead atoms. The average molecular weight is 372 g/mol. The van der Waals surface area contributed by atoms with Crippen LogP contribution >= 0.6 is 11.3 Å². The van der Waals surface area contributed by atoms with Gasteiger partial charge in [-0.05, 0) is 25.3 Å². The number of allylic oxidation sites excluding steroid dienone is 3. The lowest BCUT2D eigenvalue weighted by atomic mass is 10.2. The van der Waals surface area contributed by atoms with E-state index in [1.165, 1.54) is 15.9 Å². The van der Waals surface area contributed by atoms with E-state index in [0.717, 1.165) is 16.0 Å². The Morgan fingerprint density at radius 3 is 2.54 bits per heavy atom. The van der Waals surface area contributed by atoms with Crippen molar-refractivity contribution in [2.45, 2.75) is 33.7 Å². The van der Waals surface area contributed by atoms with E-state index in [1.54, 1.807) is 6.08 Å². The van der Waals surface area contributed by atoms with Crippen LogP contribution in [0.4, 0.5) is 0 Å². The minimum atomic E-state index is -0.715. The summed E-state index contributed by atoms with van der Waals surface area (Å²) in [6.07, 6.45) is 6.52. The molecule has 1 N–H and O–H groups in total. The largest absolute Gasteiger partial charge is 0.421 e. The van der Waals surface area contributed by atoms with E-state index in [1.807, 2.05) is 31.2 Å². The molecule has 0 unspecified atom stereocenters. The van der Waals surface area contributed by atoms with Gasteiger partial charge >= 0.3 is 11.2 Å². The predicted molar refractivity (Wildman–Crippen MR) is 110 cm³/mol. The van der Waals surface area contributed by atoms with Gasteiger partial charge < -0.3 is 5.21 Å². The van der Waals surface area contributed by atoms with Gasteiger partial charge in [0.2, 0.25) is 0 Å². The van der Waals surface area contributed by atoms with Crippen LogP contribution in [0.3, 0.4) is 0 Å². The summed E-state index contributed by atoms with van der Waals surface area (Å²) in [5.41, 5.74) is -0.790. The van der Waals surface area contributed by atoms with Gasteiger partial charge in [0, 0.05) is 16.6 Å². The fourth-order valence-corrected chi connectivity index (χ4v) is 3.78. The number of hydrogen-bond acceptors (Lipinski definition) is 4. The van der Waals surface area contributed by atoms with Crippen molar-refractivity contribution in [3.05, 3.63) is 69.9 Å². The summed E-state index contributed by atoms with van der Waals surface area (Å²) in [6.45, 7) is 10.4. The topological polar surface area (TPSA) is 64.2 Å². The Kier molecular flexibility index (Phi) is 6.58. The molecular weight excluding hydrogens is 348 g/mol. The summed E-state index contributed by atoms with van der Waals surface area (Å²) in [4.78, 5) is 24.1. The Hall–Kier alpha value is -2.60. The second-order valence-electron chi connectivity index (χ2n) is 6.17. The average Bonchev–Trinajstić information content (AvgIpc) is 3.00. The lowest BCUT2D eigenvalue weighted by Gasteiger charge is -2.07. The zero-order valence-electron chi connectivity index (χ0n) is 15.3. The normalized spacial score (nSPS) is 11.2. The predicted octanol–water partition coefficient (Wildman–Crippen LogP) is 4.41. The SMILES string of the molecule is C/C=C/C(C)C.C=CCCn1c(=O)n(O)c(=O)c2sc3ccccc3c21. The van der Waals surface area contributed by atoms with Gasteiger partial charge in [0.25, 0.3) is 0 Å². The lowest BCUT2D eigenvalue weighted by molar-refractivity contribution is 0.157. The van der Waals surface area contributed by atoms with Crippen LogP contribution < -0.4 is 11.2 Å². The van der Waals surface area contributed by atoms with Gasteiger partial charge in [-0.25, -0.2) is 4.79 Å². The van der Waals surface area contributed by atoms with E-state index >= 15 is 0 Å². The number of aryl methyl sites for hydroxylation is 1. The van der Waals surface area contributed by atoms with Crippen molar-refractivity contribution in [1.29, 1.82) is 0 Å². The molecular formula is C20H24N2O3S. The molecule has 138 valence electrons. The molecule has 0 fully saturated rings. The fraction of sp³-hybridized carbons (Fsp3) is 0.300. The molecule has 0 saturated heterocycles. The molecule has 0 saturated carbocycles. The summed E-state index contributed by atoms with van der Waals surface area (Å²) in [7, 11) is 0. The molecule has 0 amide bonds. The highest BCUT2D eigenvalue weighted by Crippen LogP contribution is 2.30. The Labute approximate surface area is 156 Å². The van der Waals surface area contributed by atoms with Crippen molar-refractivity contribution >= 4 is 31.6 Å². The van der Waals surface area contributed by atoms with Crippen LogP contribution in [-0.4, -0.2) is 14.5 Å². The first-order valence-electron chi connectivity index (χ1n) is 8.52. The van der Waals surface area contributed by atoms with Crippen LogP contribution in [0, 0.1) is 5.92 Å². The molecule has 0 aliphatic heterocycles. The fourth-order valence-electron chi connectivity index (χ4n) is 2.65. The van der Waals surface area contributed by atoms with Crippen molar-refractivity contribution in [2.75, 3.05) is 0 Å². The second kappa shape index (κ2) is 8.67. The Morgan fingerprint density at radius 2 is 1.96 bits per heavy atom. The molecule has 2 aromatic heterocycles. The van der Waals surface area contributed by atoms with E-state index in [-0.39, 0.29) is 4.73 Å². The summed E-state index contributed by atoms with van der Waals surface area (Å²) < 4.78 is 2.91. The molecule has 3 rings (SSSR count). The quantitative estimate of drug-likeness (QED) is 0.545. The molecule has 2 heterocycles. The van der Waals surface area contributed by atoms with Crippen molar-refractivity contribution < 1.29 is 5.21 Å². The van der Waals surface area contributed by atoms with E-state index in [0.29, 0.717) is 23.2 Å². The molecule has 26 heavy (non-hydrogen) atoms. The number of aromatic nitrogens is 2. The van der Waals surface area contributed by atoms with Crippen molar-refractivity contribution in [3.8, 4) is 0 Å². The third-order valence-corrected chi connectivity index (χ3v) is 4.92. The molecule has 0 aliphatic carbocycles. The number of thiophene rings is 1. The Morgan fingerprint density at radius 1 is 1.27 bits per heavy atom. The van der Waals surface area contributed by atoms with E-state index in [9.17, 15) is 14.8 Å². The highest BCUT2D eigenvalue weighted by Gasteiger charge is 2.17. The molecule has 0 atom stereocenters. The zero-order chi connectivity index (χ0) is 19.3. The first-order valence-corrected chi connectivity index (χ1v) is 9.34. The van der Waals surface area contributed by atoms with Crippen LogP contribution in [-0.2, 0) is 6.54 Å². The summed E-state index contributed by atoms with van der Waals surface area (Å²) in [6, 6.07) is 7.51. The molecule has 0 aliphatic rings. The van der Waals surface area contributed by atoms with E-state index < -0.39 is 11.2 Å². The van der Waals surface area contributed by atoms with Gasteiger partial charge in [-0.1, -0.05) is 55.0 Å². The first kappa shape index (κ1) is 19.7. The van der Waals surface area contributed by atoms with Crippen molar-refractivity contribution in [2.24, 2.45) is 5.92 Å². The van der Waals surface area contributed by atoms with Gasteiger partial charge in [-0.3, -0.25) is 9.36 Å². The van der Waals surface area contributed by atoms with Crippen LogP contribution in [0.1, 0.15) is 27.2 Å². The maximum atomic E-state index is 12.1. The molecule has 5 nitrogen and oxygen atoms in total. The standard InChI is InChI=1S/C14H12N2O3S.C6H12/c1-2-3-8-15-11-9-6-4-5-7-10(9)20-12(11)13(17)16(19)14(15)18;1-4-5-6(2)3/h2,4-7,19H,1,3,8H2;4-6H,1-3H3/b;5-4+. The van der Waals surface area contributed by atoms with Crippen LogP contribution in [0.25, 0.3) is 20.3 Å². The number of fused-ring (bicyclic) bond motifs is 3. The molecule has 1 aromatic carbocycles. The van der Waals surface area contributed by atoms with Gasteiger partial charge in [-0.15, -0.1) is 17.9 Å². The maximum Gasteiger partial charge on any atom is 0.365 e. The highest BCUT2D eigenvalue weighted by atomic mass is 32.1. The molecule has 3 aromatic rings. The highest BCUT2D eigenvalue weighted by molar-refractivity contribution is 7.25. The van der Waals surface area contributed by atoms with Gasteiger partial charge in [-0.2, -0.15) is 0 Å². The number of nitrogens with zero attached hydrogens (tertiary/aromatic N) is 2. The maximum absolute atomic E-state index is 12.1.